The summed E-state index contributed by atoms with van der Waals surface area (Å²) in [6, 6.07) is 18.0. The summed E-state index contributed by atoms with van der Waals surface area (Å²) in [5.41, 5.74) is 1.28. The highest BCUT2D eigenvalue weighted by atomic mass is 16.5. The zero-order chi connectivity index (χ0) is 13.5. The van der Waals surface area contributed by atoms with Gasteiger partial charge in [-0.2, -0.15) is 0 Å². The topological polar surface area (TPSA) is 24.5 Å². The molecule has 0 amide bonds. The van der Waals surface area contributed by atoms with Gasteiger partial charge in [-0.15, -0.1) is 0 Å². The molecule has 0 aliphatic heterocycles. The van der Waals surface area contributed by atoms with Crippen LogP contribution in [0.4, 0.5) is 0 Å². The largest absolute Gasteiger partial charge is 0.457 e. The minimum Gasteiger partial charge on any atom is -0.457 e. The summed E-state index contributed by atoms with van der Waals surface area (Å²) in [4.78, 5) is 2.22. The quantitative estimate of drug-likeness (QED) is 0.804. The fraction of sp³-hybridized carbons (Fsp3) is 0.250. The van der Waals surface area contributed by atoms with Gasteiger partial charge in [0, 0.05) is 13.2 Å². The first kappa shape index (κ1) is 13.6. The average molecular weight is 256 g/mol. The molecule has 0 atom stereocenters. The molecule has 19 heavy (non-hydrogen) atoms. The third-order valence-electron chi connectivity index (χ3n) is 2.78. The molecule has 100 valence electrons. The lowest BCUT2D eigenvalue weighted by molar-refractivity contribution is 0.310. The Kier molecular flexibility index (Phi) is 4.95. The molecule has 0 aromatic heterocycles. The van der Waals surface area contributed by atoms with E-state index >= 15 is 0 Å². The number of hydrogen-bond acceptors (Lipinski definition) is 3. The summed E-state index contributed by atoms with van der Waals surface area (Å²) in [6.45, 7) is 1.80. The fourth-order valence-corrected chi connectivity index (χ4v) is 1.93. The summed E-state index contributed by atoms with van der Waals surface area (Å²) in [6.07, 6.45) is 0. The molecule has 0 fully saturated rings. The molecule has 0 heterocycles. The number of nitrogens with one attached hydrogen (secondary N) is 1. The predicted molar refractivity (Wildman–Crippen MR) is 78.4 cm³/mol. The van der Waals surface area contributed by atoms with Crippen LogP contribution in [0.25, 0.3) is 0 Å². The van der Waals surface area contributed by atoms with E-state index in [1.807, 2.05) is 49.5 Å². The standard InChI is InChI=1S/C16H20N2O/c1-17-13-18(2)12-14-8-10-16(11-9-14)19-15-6-4-3-5-7-15/h3-11,17H,12-13H2,1-2H3. The molecule has 2 rings (SSSR count). The lowest BCUT2D eigenvalue weighted by atomic mass is 10.2. The van der Waals surface area contributed by atoms with Gasteiger partial charge in [0.25, 0.3) is 0 Å². The molecule has 0 bridgehead atoms. The molecular weight excluding hydrogens is 236 g/mol. The first-order valence-corrected chi connectivity index (χ1v) is 6.43. The van der Waals surface area contributed by atoms with Gasteiger partial charge in [0.2, 0.25) is 0 Å². The summed E-state index contributed by atoms with van der Waals surface area (Å²) >= 11 is 0. The number of ether oxygens (including phenoxy) is 1. The molecule has 0 spiro atoms. The van der Waals surface area contributed by atoms with Crippen LogP contribution in [0.1, 0.15) is 5.56 Å². The van der Waals surface area contributed by atoms with E-state index in [-0.39, 0.29) is 0 Å². The van der Waals surface area contributed by atoms with E-state index in [1.54, 1.807) is 0 Å². The van der Waals surface area contributed by atoms with E-state index in [0.717, 1.165) is 24.7 Å². The molecule has 0 saturated heterocycles. The zero-order valence-electron chi connectivity index (χ0n) is 11.5. The summed E-state index contributed by atoms with van der Waals surface area (Å²) in [5.74, 6) is 1.73. The number of benzene rings is 2. The van der Waals surface area contributed by atoms with Gasteiger partial charge in [-0.3, -0.25) is 4.90 Å². The maximum Gasteiger partial charge on any atom is 0.127 e. The van der Waals surface area contributed by atoms with Crippen LogP contribution in [-0.2, 0) is 6.54 Å². The monoisotopic (exact) mass is 256 g/mol. The highest BCUT2D eigenvalue weighted by Gasteiger charge is 2.00. The highest BCUT2D eigenvalue weighted by molar-refractivity contribution is 5.32. The molecular formula is C16H20N2O. The fourth-order valence-electron chi connectivity index (χ4n) is 1.93. The minimum atomic E-state index is 0.863. The second-order valence-corrected chi connectivity index (χ2v) is 4.58. The van der Waals surface area contributed by atoms with Crippen molar-refractivity contribution in [2.45, 2.75) is 6.54 Å². The number of rotatable bonds is 6. The van der Waals surface area contributed by atoms with E-state index in [9.17, 15) is 0 Å². The minimum absolute atomic E-state index is 0.863. The Balaban J connectivity index is 1.95. The van der Waals surface area contributed by atoms with Crippen molar-refractivity contribution < 1.29 is 4.74 Å². The van der Waals surface area contributed by atoms with E-state index in [2.05, 4.69) is 29.4 Å². The molecule has 0 saturated carbocycles. The summed E-state index contributed by atoms with van der Waals surface area (Å²) in [5, 5.41) is 3.13. The summed E-state index contributed by atoms with van der Waals surface area (Å²) in [7, 11) is 4.04. The third-order valence-corrected chi connectivity index (χ3v) is 2.78. The van der Waals surface area contributed by atoms with Crippen molar-refractivity contribution in [3.8, 4) is 11.5 Å². The van der Waals surface area contributed by atoms with Crippen LogP contribution in [0.5, 0.6) is 11.5 Å². The molecule has 2 aromatic carbocycles. The first-order valence-electron chi connectivity index (χ1n) is 6.43. The van der Waals surface area contributed by atoms with Crippen LogP contribution in [-0.4, -0.2) is 25.7 Å². The third kappa shape index (κ3) is 4.39. The maximum atomic E-state index is 5.76. The first-order chi connectivity index (χ1) is 9.28. The maximum absolute atomic E-state index is 5.76. The number of nitrogens with zero attached hydrogens (tertiary/aromatic N) is 1. The van der Waals surface area contributed by atoms with Gasteiger partial charge in [0.1, 0.15) is 11.5 Å². The van der Waals surface area contributed by atoms with Crippen molar-refractivity contribution in [1.29, 1.82) is 0 Å². The molecule has 2 aromatic rings. The van der Waals surface area contributed by atoms with Crippen LogP contribution in [0.15, 0.2) is 54.6 Å². The summed E-state index contributed by atoms with van der Waals surface area (Å²) < 4.78 is 5.76. The molecule has 0 unspecified atom stereocenters. The van der Waals surface area contributed by atoms with Crippen LogP contribution in [0.2, 0.25) is 0 Å². The number of hydrogen-bond donors (Lipinski definition) is 1. The predicted octanol–water partition coefficient (Wildman–Crippen LogP) is 3.09. The van der Waals surface area contributed by atoms with Crippen molar-refractivity contribution in [3.63, 3.8) is 0 Å². The lowest BCUT2D eigenvalue weighted by Crippen LogP contribution is -2.27. The van der Waals surface area contributed by atoms with Crippen molar-refractivity contribution in [3.05, 3.63) is 60.2 Å². The highest BCUT2D eigenvalue weighted by Crippen LogP contribution is 2.21. The van der Waals surface area contributed by atoms with E-state index < -0.39 is 0 Å². The van der Waals surface area contributed by atoms with Crippen LogP contribution in [0, 0.1) is 0 Å². The lowest BCUT2D eigenvalue weighted by Gasteiger charge is -2.16. The molecule has 1 N–H and O–H groups in total. The van der Waals surface area contributed by atoms with Gasteiger partial charge in [0.05, 0.1) is 0 Å². The zero-order valence-corrected chi connectivity index (χ0v) is 11.5. The van der Waals surface area contributed by atoms with Gasteiger partial charge in [-0.05, 0) is 43.9 Å². The van der Waals surface area contributed by atoms with Gasteiger partial charge in [-0.1, -0.05) is 30.3 Å². The van der Waals surface area contributed by atoms with E-state index in [1.165, 1.54) is 5.56 Å². The molecule has 3 nitrogen and oxygen atoms in total. The van der Waals surface area contributed by atoms with Gasteiger partial charge in [-0.25, -0.2) is 0 Å². The Morgan fingerprint density at radius 2 is 1.58 bits per heavy atom. The Morgan fingerprint density at radius 3 is 2.21 bits per heavy atom. The second kappa shape index (κ2) is 6.92. The SMILES string of the molecule is CNCN(C)Cc1ccc(Oc2ccccc2)cc1. The van der Waals surface area contributed by atoms with Crippen molar-refractivity contribution >= 4 is 0 Å². The van der Waals surface area contributed by atoms with Gasteiger partial charge in [0.15, 0.2) is 0 Å². The second-order valence-electron chi connectivity index (χ2n) is 4.58. The Labute approximate surface area is 114 Å². The average Bonchev–Trinajstić information content (AvgIpc) is 2.42. The van der Waals surface area contributed by atoms with Crippen LogP contribution < -0.4 is 10.1 Å². The van der Waals surface area contributed by atoms with Gasteiger partial charge < -0.3 is 10.1 Å². The van der Waals surface area contributed by atoms with Crippen molar-refractivity contribution in [2.24, 2.45) is 0 Å². The molecule has 0 aliphatic carbocycles. The van der Waals surface area contributed by atoms with Crippen molar-refractivity contribution in [2.75, 3.05) is 20.8 Å². The molecule has 0 aliphatic rings. The normalized spacial score (nSPS) is 10.7. The number of para-hydroxylation sites is 1. The molecule has 3 heteroatoms. The Morgan fingerprint density at radius 1 is 0.947 bits per heavy atom. The van der Waals surface area contributed by atoms with E-state index in [4.69, 9.17) is 4.74 Å². The van der Waals surface area contributed by atoms with Crippen molar-refractivity contribution in [1.82, 2.24) is 10.2 Å². The van der Waals surface area contributed by atoms with Crippen LogP contribution in [0.3, 0.4) is 0 Å². The van der Waals surface area contributed by atoms with Gasteiger partial charge >= 0.3 is 0 Å². The Hall–Kier alpha value is -1.84. The Bertz CT molecular complexity index is 482. The molecule has 0 radical (unpaired) electrons. The van der Waals surface area contributed by atoms with Crippen LogP contribution >= 0.6 is 0 Å². The van der Waals surface area contributed by atoms with E-state index in [0.29, 0.717) is 0 Å². The smallest absolute Gasteiger partial charge is 0.127 e.